The molecule has 0 spiro atoms. The number of hydrogen-bond acceptors (Lipinski definition) is 20. The number of esters is 2. The molecule has 0 saturated carbocycles. The molecular weight excluding hydrogens is 1560 g/mol. The van der Waals surface area contributed by atoms with Crippen molar-refractivity contribution in [2.45, 2.75) is 443 Å². The zero-order chi connectivity index (χ0) is 81.8. The summed E-state index contributed by atoms with van der Waals surface area (Å²) in [5.41, 5.74) is 0. The Bertz CT molecular complexity index is 2340. The summed E-state index contributed by atoms with van der Waals surface area (Å²) in [7, 11) is -10.2. The third-order valence-electron chi connectivity index (χ3n) is 19.0. The first-order valence-electron chi connectivity index (χ1n) is 43.9. The van der Waals surface area contributed by atoms with Gasteiger partial charge in [0.15, 0.2) is 0 Å². The van der Waals surface area contributed by atoms with E-state index >= 15 is 0 Å². The number of Topliss-reactive ketones (excluding diaryl/α,β-unsaturated/α-hetero) is 2. The molecule has 0 rings (SSSR count). The van der Waals surface area contributed by atoms with Gasteiger partial charge in [-0.2, -0.15) is 0 Å². The first kappa shape index (κ1) is 131. The Morgan fingerprint density at radius 1 is 0.314 bits per heavy atom. The van der Waals surface area contributed by atoms with E-state index in [-0.39, 0.29) is 185 Å². The zero-order valence-electron chi connectivity index (χ0n) is 72.2. The van der Waals surface area contributed by atoms with E-state index in [9.17, 15) is 57.3 Å². The molecule has 0 fully saturated rings. The monoisotopic (exact) mass is 1740 g/mol. The minimum absolute atomic E-state index is 0. The number of carbonyl (C=O) groups excluding carboxylic acids is 8. The van der Waals surface area contributed by atoms with Crippen molar-refractivity contribution in [3.05, 3.63) is 24.3 Å². The number of amides is 4. The molecule has 0 aliphatic rings. The maximum atomic E-state index is 13.2. The standard InChI is InChI=1S/C85H158N4O20P2.5CH4.2Na/c1-7-13-19-25-29-33-37-43-47-53-76(90)67-82(94)88-74(70-102-63-59-78(55-49-41-23-17-11-5)108-84(96)57-51-45-39-35-31-27-21-15-9-3)72-106-110(98,99)104-65-61-86-80(92)69-81(93)87-62-66-105-111(100,101)107-73-75(89-83(95)68-77(91)54-48-44-38-34-30-26-20-14-8-2)71-103-64-60-79(56-50-42-24-18-12-6)109-85(97)58-52-46-40-36-32-28-22-16-10-4;;;;;;;/h35-36,39-40,74-75,78-79H,7-34,37-38,41-73H2,1-6H3,(H,86,92)(H,87,93)(H,88,94)(H,89,95)(H,98,99)(H,100,101);5*1H4;;/q;;;;;;2*+1/p-2/b39-35-,40-36-;;;;;;;/t74?,75?,78-,79-;;;;;;;/m1......./s1. The zero-order valence-corrected chi connectivity index (χ0v) is 78.0. The molecule has 0 aliphatic carbocycles. The molecule has 0 aromatic carbocycles. The smallest absolute Gasteiger partial charge is 0.756 e. The third kappa shape index (κ3) is 91.5. The Morgan fingerprint density at radius 3 is 0.907 bits per heavy atom. The van der Waals surface area contributed by atoms with Crippen molar-refractivity contribution in [2.24, 2.45) is 0 Å². The number of ketones is 2. The van der Waals surface area contributed by atoms with Crippen LogP contribution in [0.25, 0.3) is 0 Å². The number of unbranched alkanes of at least 4 members (excludes halogenated alkanes) is 34. The van der Waals surface area contributed by atoms with E-state index in [1.165, 1.54) is 89.9 Å². The van der Waals surface area contributed by atoms with Crippen molar-refractivity contribution in [1.29, 1.82) is 0 Å². The van der Waals surface area contributed by atoms with E-state index in [2.05, 4.69) is 87.1 Å². The average molecular weight is 1740 g/mol. The van der Waals surface area contributed by atoms with Crippen LogP contribution >= 0.6 is 15.6 Å². The van der Waals surface area contributed by atoms with Crippen molar-refractivity contribution in [2.75, 3.05) is 65.9 Å². The third-order valence-corrected chi connectivity index (χ3v) is 21.0. The summed E-state index contributed by atoms with van der Waals surface area (Å²) in [5.74, 6) is -3.98. The first-order chi connectivity index (χ1) is 53.7. The maximum absolute atomic E-state index is 13.2. The predicted octanol–water partition coefficient (Wildman–Crippen LogP) is 15.3. The number of phosphoric ester groups is 2. The number of carbonyl (C=O) groups is 8. The van der Waals surface area contributed by atoms with Gasteiger partial charge in [0.2, 0.25) is 23.6 Å². The molecule has 6 atom stereocenters. The average Bonchev–Trinajstić information content (AvgIpc) is 0.908. The van der Waals surface area contributed by atoms with Gasteiger partial charge in [-0.1, -0.05) is 296 Å². The minimum atomic E-state index is -5.08. The second-order valence-corrected chi connectivity index (χ2v) is 32.8. The van der Waals surface area contributed by atoms with Gasteiger partial charge < -0.3 is 68.1 Å². The minimum Gasteiger partial charge on any atom is -0.756 e. The molecule has 118 heavy (non-hydrogen) atoms. The first-order valence-corrected chi connectivity index (χ1v) is 46.8. The SMILES string of the molecule is C.C.C.C.C.CCCCCC/C=C\CCCC(=O)O[C@H](CCCCCCC)CCOCC(COP(=O)([O-])OCCNC(=O)CC(=O)NCCOP(=O)([O-])OCC(COCC[C@@H](CCCCCCC)OC(=O)CCC/C=C\CCCCCC)NC(=O)CC(=O)CCCCCCCCCCC)NC(=O)CC(=O)CCCCCCCCCCC.[Na+].[Na+]. The summed E-state index contributed by atoms with van der Waals surface area (Å²) in [6.45, 7) is 9.63. The van der Waals surface area contributed by atoms with E-state index in [0.717, 1.165) is 154 Å². The fourth-order valence-electron chi connectivity index (χ4n) is 12.4. The Morgan fingerprint density at radius 2 is 0.593 bits per heavy atom. The summed E-state index contributed by atoms with van der Waals surface area (Å²) >= 11 is 0. The van der Waals surface area contributed by atoms with Crippen molar-refractivity contribution in [3.63, 3.8) is 0 Å². The molecule has 0 aromatic rings. The fourth-order valence-corrected chi connectivity index (χ4v) is 14.0. The van der Waals surface area contributed by atoms with Gasteiger partial charge in [0.25, 0.3) is 15.6 Å². The van der Waals surface area contributed by atoms with Gasteiger partial charge in [0.05, 0.1) is 77.8 Å². The number of nitrogens with one attached hydrogen (secondary N) is 4. The molecule has 0 saturated heterocycles. The molecule has 0 aliphatic heterocycles. The van der Waals surface area contributed by atoms with Crippen molar-refractivity contribution < 1.29 is 153 Å². The van der Waals surface area contributed by atoms with Crippen LogP contribution in [-0.4, -0.2) is 137 Å². The number of phosphoric acid groups is 2. The summed E-state index contributed by atoms with van der Waals surface area (Å²) in [6.07, 6.45) is 53.3. The second kappa shape index (κ2) is 95.4. The van der Waals surface area contributed by atoms with Gasteiger partial charge in [-0.3, -0.25) is 47.5 Å². The molecule has 0 aromatic heterocycles. The quantitative estimate of drug-likeness (QED) is 0.0110. The van der Waals surface area contributed by atoms with Crippen LogP contribution in [0.1, 0.15) is 419 Å². The number of rotatable bonds is 84. The number of hydrogen-bond donors (Lipinski definition) is 4. The van der Waals surface area contributed by atoms with E-state index in [4.69, 9.17) is 37.0 Å². The van der Waals surface area contributed by atoms with Crippen LogP contribution in [0.3, 0.4) is 0 Å². The van der Waals surface area contributed by atoms with Gasteiger partial charge >= 0.3 is 71.1 Å². The van der Waals surface area contributed by atoms with Crippen LogP contribution in [0.4, 0.5) is 0 Å². The summed E-state index contributed by atoms with van der Waals surface area (Å²) in [5, 5.41) is 10.1. The Hall–Kier alpha value is -2.22. The van der Waals surface area contributed by atoms with E-state index in [1.807, 2.05) is 0 Å². The number of ether oxygens (including phenoxy) is 4. The molecule has 4 unspecified atom stereocenters. The van der Waals surface area contributed by atoms with Gasteiger partial charge in [0.1, 0.15) is 30.2 Å². The van der Waals surface area contributed by atoms with E-state index in [1.54, 1.807) is 0 Å². The van der Waals surface area contributed by atoms with Gasteiger partial charge in [-0.05, 0) is 89.9 Å². The number of allylic oxidation sites excluding steroid dienone is 4. The second-order valence-electron chi connectivity index (χ2n) is 29.9. The van der Waals surface area contributed by atoms with Crippen LogP contribution in [0.15, 0.2) is 24.3 Å². The molecule has 688 valence electrons. The van der Waals surface area contributed by atoms with Gasteiger partial charge in [-0.15, -0.1) is 0 Å². The van der Waals surface area contributed by atoms with Crippen LogP contribution in [0.2, 0.25) is 0 Å². The van der Waals surface area contributed by atoms with Crippen molar-refractivity contribution in [1.82, 2.24) is 21.3 Å². The van der Waals surface area contributed by atoms with Crippen LogP contribution in [0.5, 0.6) is 0 Å². The molecule has 4 N–H and O–H groups in total. The normalized spacial score (nSPS) is 13.0. The summed E-state index contributed by atoms with van der Waals surface area (Å²) < 4.78 is 70.2. The maximum Gasteiger partial charge on any atom is 1.00 e. The van der Waals surface area contributed by atoms with Crippen molar-refractivity contribution >= 4 is 62.8 Å². The fraction of sp³-hybridized carbons (Fsp3) is 0.867. The van der Waals surface area contributed by atoms with Crippen LogP contribution in [-0.2, 0) is 84.5 Å². The van der Waals surface area contributed by atoms with Crippen LogP contribution in [0, 0.1) is 0 Å². The summed E-state index contributed by atoms with van der Waals surface area (Å²) in [6, 6.07) is -2.09. The molecule has 28 heteroatoms. The van der Waals surface area contributed by atoms with Crippen molar-refractivity contribution in [3.8, 4) is 0 Å². The molecule has 0 radical (unpaired) electrons. The molecule has 24 nitrogen and oxygen atoms in total. The Labute approximate surface area is 765 Å². The topological polar surface area (TPSA) is 339 Å². The molecule has 4 amide bonds. The summed E-state index contributed by atoms with van der Waals surface area (Å²) in [4.78, 5) is 130. The van der Waals surface area contributed by atoms with E-state index < -0.39 is 109 Å². The van der Waals surface area contributed by atoms with E-state index in [0.29, 0.717) is 51.4 Å². The molecule has 0 bridgehead atoms. The molecular formula is C90H176N4Na2O20P2. The van der Waals surface area contributed by atoms with Crippen LogP contribution < -0.4 is 90.2 Å². The Kier molecular flexibility index (Phi) is 106. The largest absolute Gasteiger partial charge is 1.00 e. The predicted molar refractivity (Wildman–Crippen MR) is 471 cm³/mol. The van der Waals surface area contributed by atoms with Gasteiger partial charge in [0, 0.05) is 51.6 Å². The molecule has 0 heterocycles. The van der Waals surface area contributed by atoms with Gasteiger partial charge in [-0.25, -0.2) is 0 Å². The Balaban J connectivity index is -0.00000288.